The normalized spacial score (nSPS) is 17.1. The van der Waals surface area contributed by atoms with Gasteiger partial charge in [0.05, 0.1) is 22.7 Å². The number of fused-ring (bicyclic) bond motifs is 2. The molecule has 5 aromatic rings. The number of thiazole rings is 1. The van der Waals surface area contributed by atoms with Crippen LogP contribution >= 0.6 is 50.8 Å². The second kappa shape index (κ2) is 13.7. The standard InChI is InChI=1S/C36H27BrN4O2S3/c37-25-19-17-23(18-20-25)28-22-44-35(39-28)40-34(42)33(24-9-2-1-3-10-24)45-27-12-8-11-26(21-27)38-36(43)41-29-13-4-6-15-31(29)46-32-16-7-5-14-30(32)41/h1-22,29,31,33H,(H,38,43)(H,39,40,42). The van der Waals surface area contributed by atoms with E-state index in [1.54, 1.807) is 11.8 Å². The summed E-state index contributed by atoms with van der Waals surface area (Å²) >= 11 is 8.06. The van der Waals surface area contributed by atoms with Crippen molar-refractivity contribution in [2.75, 3.05) is 15.5 Å². The molecule has 0 bridgehead atoms. The second-order valence-corrected chi connectivity index (χ2v) is 14.8. The number of hydrogen-bond donors (Lipinski definition) is 2. The molecule has 1 aliphatic heterocycles. The lowest BCUT2D eigenvalue weighted by Gasteiger charge is -2.40. The van der Waals surface area contributed by atoms with Crippen LogP contribution in [0.2, 0.25) is 0 Å². The summed E-state index contributed by atoms with van der Waals surface area (Å²) in [5, 5.41) is 8.24. The average Bonchev–Trinajstić information content (AvgIpc) is 3.55. The molecule has 0 radical (unpaired) electrons. The third-order valence-corrected chi connectivity index (χ3v) is 11.4. The Morgan fingerprint density at radius 2 is 1.65 bits per heavy atom. The van der Waals surface area contributed by atoms with E-state index in [4.69, 9.17) is 0 Å². The molecule has 6 nitrogen and oxygen atoms in total. The lowest BCUT2D eigenvalue weighted by atomic mass is 10.1. The smallest absolute Gasteiger partial charge is 0.307 e. The van der Waals surface area contributed by atoms with Gasteiger partial charge in [0.1, 0.15) is 5.25 Å². The molecule has 0 saturated carbocycles. The van der Waals surface area contributed by atoms with Gasteiger partial charge in [-0.3, -0.25) is 9.69 Å². The van der Waals surface area contributed by atoms with Crippen LogP contribution in [0.4, 0.5) is 21.3 Å². The number of nitrogens with one attached hydrogen (secondary N) is 2. The molecule has 0 fully saturated rings. The van der Waals surface area contributed by atoms with Gasteiger partial charge in [0.15, 0.2) is 5.13 Å². The number of anilines is 3. The van der Waals surface area contributed by atoms with Crippen LogP contribution < -0.4 is 15.5 Å². The number of nitrogens with zero attached hydrogens (tertiary/aromatic N) is 2. The van der Waals surface area contributed by atoms with E-state index in [1.165, 1.54) is 23.1 Å². The fourth-order valence-electron chi connectivity index (χ4n) is 5.35. The molecule has 0 saturated heterocycles. The summed E-state index contributed by atoms with van der Waals surface area (Å²) in [6.07, 6.45) is 8.25. The van der Waals surface area contributed by atoms with Gasteiger partial charge in [-0.15, -0.1) is 34.9 Å². The zero-order chi connectivity index (χ0) is 31.5. The average molecular weight is 724 g/mol. The predicted octanol–water partition coefficient (Wildman–Crippen LogP) is 10.1. The van der Waals surface area contributed by atoms with Crippen LogP contribution in [0.1, 0.15) is 10.8 Å². The maximum atomic E-state index is 13.8. The van der Waals surface area contributed by atoms with Crippen molar-refractivity contribution in [2.24, 2.45) is 0 Å². The molecule has 3 amide bonds. The Labute approximate surface area is 288 Å². The van der Waals surface area contributed by atoms with Crippen LogP contribution in [0.15, 0.2) is 147 Å². The number of rotatable bonds is 7. The molecule has 10 heteroatoms. The predicted molar refractivity (Wildman–Crippen MR) is 195 cm³/mol. The molecule has 228 valence electrons. The Morgan fingerprint density at radius 1 is 0.870 bits per heavy atom. The minimum Gasteiger partial charge on any atom is -0.307 e. The molecule has 46 heavy (non-hydrogen) atoms. The van der Waals surface area contributed by atoms with Crippen LogP contribution in [-0.4, -0.2) is 28.2 Å². The fraction of sp³-hybridized carbons (Fsp3) is 0.0833. The number of thioether (sulfide) groups is 2. The molecule has 7 rings (SSSR count). The van der Waals surface area contributed by atoms with Gasteiger partial charge < -0.3 is 10.6 Å². The van der Waals surface area contributed by atoms with E-state index in [2.05, 4.69) is 49.8 Å². The van der Waals surface area contributed by atoms with Gasteiger partial charge in [0.2, 0.25) is 5.91 Å². The number of benzene rings is 4. The van der Waals surface area contributed by atoms with E-state index >= 15 is 0 Å². The Hall–Kier alpha value is -4.09. The quantitative estimate of drug-likeness (QED) is 0.164. The first-order valence-electron chi connectivity index (χ1n) is 14.6. The molecule has 3 atom stereocenters. The third kappa shape index (κ3) is 6.71. The first-order valence-corrected chi connectivity index (χ1v) is 18.0. The number of allylic oxidation sites excluding steroid dienone is 2. The number of carbonyl (C=O) groups excluding carboxylic acids is 2. The van der Waals surface area contributed by atoms with Crippen molar-refractivity contribution < 1.29 is 9.59 Å². The molecule has 2 N–H and O–H groups in total. The van der Waals surface area contributed by atoms with Gasteiger partial charge in [-0.1, -0.05) is 101 Å². The summed E-state index contributed by atoms with van der Waals surface area (Å²) in [4.78, 5) is 36.0. The molecule has 2 aliphatic rings. The number of aromatic nitrogens is 1. The molecular weight excluding hydrogens is 697 g/mol. The van der Waals surface area contributed by atoms with Crippen LogP contribution in [0.25, 0.3) is 11.3 Å². The summed E-state index contributed by atoms with van der Waals surface area (Å²) < 4.78 is 0.995. The van der Waals surface area contributed by atoms with E-state index < -0.39 is 5.25 Å². The molecule has 0 spiro atoms. The van der Waals surface area contributed by atoms with E-state index in [9.17, 15) is 9.59 Å². The van der Waals surface area contributed by atoms with E-state index in [1.807, 2.05) is 119 Å². The lowest BCUT2D eigenvalue weighted by molar-refractivity contribution is -0.115. The Bertz CT molecular complexity index is 1940. The number of urea groups is 1. The summed E-state index contributed by atoms with van der Waals surface area (Å²) in [5.41, 5.74) is 4.20. The van der Waals surface area contributed by atoms with E-state index in [0.717, 1.165) is 36.8 Å². The molecule has 1 aliphatic carbocycles. The van der Waals surface area contributed by atoms with Crippen LogP contribution in [0.3, 0.4) is 0 Å². The first kappa shape index (κ1) is 30.6. The molecule has 3 unspecified atom stereocenters. The summed E-state index contributed by atoms with van der Waals surface area (Å²) in [5.74, 6) is -0.173. The van der Waals surface area contributed by atoms with Crippen LogP contribution in [-0.2, 0) is 4.79 Å². The summed E-state index contributed by atoms with van der Waals surface area (Å²) in [6, 6.07) is 33.0. The summed E-state index contributed by atoms with van der Waals surface area (Å²) in [7, 11) is 0. The lowest BCUT2D eigenvalue weighted by Crippen LogP contribution is -2.49. The minimum atomic E-state index is -0.543. The van der Waals surface area contributed by atoms with Crippen molar-refractivity contribution >= 4 is 79.2 Å². The number of halogens is 1. The Kier molecular flexibility index (Phi) is 9.12. The maximum absolute atomic E-state index is 13.8. The highest BCUT2D eigenvalue weighted by Gasteiger charge is 2.36. The monoisotopic (exact) mass is 722 g/mol. The largest absolute Gasteiger partial charge is 0.326 e. The van der Waals surface area contributed by atoms with Crippen LogP contribution in [0, 0.1) is 0 Å². The van der Waals surface area contributed by atoms with Gasteiger partial charge in [-0.05, 0) is 48.0 Å². The Morgan fingerprint density at radius 3 is 2.50 bits per heavy atom. The van der Waals surface area contributed by atoms with Gasteiger partial charge in [-0.25, -0.2) is 9.78 Å². The highest BCUT2D eigenvalue weighted by molar-refractivity contribution is 9.10. The van der Waals surface area contributed by atoms with Crippen molar-refractivity contribution in [2.45, 2.75) is 26.3 Å². The van der Waals surface area contributed by atoms with Crippen molar-refractivity contribution in [3.63, 3.8) is 0 Å². The van der Waals surface area contributed by atoms with Crippen molar-refractivity contribution in [1.82, 2.24) is 4.98 Å². The topological polar surface area (TPSA) is 74.3 Å². The SMILES string of the molecule is O=C(Nc1nc(-c2ccc(Br)cc2)cs1)C(Sc1cccc(NC(=O)N2c3ccccc3SC3C=CC=CC32)c1)c1ccccc1. The second-order valence-electron chi connectivity index (χ2n) is 10.6. The van der Waals surface area contributed by atoms with E-state index in [0.29, 0.717) is 10.8 Å². The minimum absolute atomic E-state index is 0.0937. The number of carbonyl (C=O) groups is 2. The molecular formula is C36H27BrN4O2S3. The fourth-order valence-corrected chi connectivity index (χ4v) is 8.68. The van der Waals surface area contributed by atoms with Gasteiger partial charge >= 0.3 is 6.03 Å². The number of amides is 3. The van der Waals surface area contributed by atoms with Gasteiger partial charge in [-0.2, -0.15) is 0 Å². The van der Waals surface area contributed by atoms with E-state index in [-0.39, 0.29) is 23.2 Å². The number of hydrogen-bond acceptors (Lipinski definition) is 6. The van der Waals surface area contributed by atoms with Crippen molar-refractivity contribution in [1.29, 1.82) is 0 Å². The highest BCUT2D eigenvalue weighted by atomic mass is 79.9. The zero-order valence-electron chi connectivity index (χ0n) is 24.2. The molecule has 4 aromatic carbocycles. The third-order valence-electron chi connectivity index (χ3n) is 7.52. The first-order chi connectivity index (χ1) is 22.5. The summed E-state index contributed by atoms with van der Waals surface area (Å²) in [6.45, 7) is 0. The highest BCUT2D eigenvalue weighted by Crippen LogP contribution is 2.44. The maximum Gasteiger partial charge on any atom is 0.326 e. The Balaban J connectivity index is 1.10. The number of para-hydroxylation sites is 1. The molecule has 2 heterocycles. The van der Waals surface area contributed by atoms with Crippen molar-refractivity contribution in [3.8, 4) is 11.3 Å². The zero-order valence-corrected chi connectivity index (χ0v) is 28.3. The van der Waals surface area contributed by atoms with Crippen LogP contribution in [0.5, 0.6) is 0 Å². The van der Waals surface area contributed by atoms with Crippen molar-refractivity contribution in [3.05, 3.63) is 143 Å². The molecule has 1 aromatic heterocycles. The van der Waals surface area contributed by atoms with Gasteiger partial charge in [0, 0.05) is 30.9 Å². The van der Waals surface area contributed by atoms with Gasteiger partial charge in [0.25, 0.3) is 0 Å².